The molecule has 0 saturated heterocycles. The second-order valence-corrected chi connectivity index (χ2v) is 6.26. The Labute approximate surface area is 76.8 Å². The zero-order valence-corrected chi connectivity index (χ0v) is 8.79. The Morgan fingerprint density at radius 2 is 2.80 bits per heavy atom. The summed E-state index contributed by atoms with van der Waals surface area (Å²) in [6, 6.07) is 0. The van der Waals surface area contributed by atoms with E-state index in [1.165, 1.54) is 5.32 Å². The molecule has 0 aromatic heterocycles. The van der Waals surface area contributed by atoms with Crippen molar-refractivity contribution in [3.8, 4) is 12.3 Å². The van der Waals surface area contributed by atoms with Crippen molar-refractivity contribution in [2.45, 2.75) is 9.90 Å². The van der Waals surface area contributed by atoms with Crippen LogP contribution in [0.2, 0.25) is 5.32 Å². The van der Waals surface area contributed by atoms with Crippen molar-refractivity contribution >= 4 is 38.5 Å². The second-order valence-electron chi connectivity index (χ2n) is 1.69. The van der Waals surface area contributed by atoms with E-state index in [9.17, 15) is 0 Å². The van der Waals surface area contributed by atoms with Crippen molar-refractivity contribution in [2.24, 2.45) is 0 Å². The predicted molar refractivity (Wildman–Crippen MR) is 52.4 cm³/mol. The molecule has 0 fully saturated rings. The Morgan fingerprint density at radius 1 is 1.90 bits per heavy atom. The average molecular weight is 235 g/mol. The molecule has 0 saturated carbocycles. The number of thioether (sulfide) groups is 2. The van der Waals surface area contributed by atoms with Crippen LogP contribution < -0.4 is 0 Å². The van der Waals surface area contributed by atoms with Crippen LogP contribution in [0.4, 0.5) is 0 Å². The van der Waals surface area contributed by atoms with Gasteiger partial charge in [0.25, 0.3) is 0 Å². The molecule has 0 spiro atoms. The van der Waals surface area contributed by atoms with Gasteiger partial charge in [0.2, 0.25) is 0 Å². The maximum absolute atomic E-state index is 5.15. The number of hydrogen-bond donors (Lipinski definition) is 0. The van der Waals surface area contributed by atoms with Gasteiger partial charge in [0.05, 0.1) is 0 Å². The zero-order valence-electron chi connectivity index (χ0n) is 5.45. The fraction of sp³-hybridized carbons (Fsp3) is 0.429. The van der Waals surface area contributed by atoms with E-state index < -0.39 is 0 Å². The maximum atomic E-state index is 5.15. The van der Waals surface area contributed by atoms with Crippen LogP contribution in [0.5, 0.6) is 0 Å². The van der Waals surface area contributed by atoms with E-state index in [1.54, 1.807) is 0 Å². The third-order valence-electron chi connectivity index (χ3n) is 0.967. The summed E-state index contributed by atoms with van der Waals surface area (Å²) in [5.41, 5.74) is 0. The van der Waals surface area contributed by atoms with E-state index >= 15 is 0 Å². The van der Waals surface area contributed by atoms with Gasteiger partial charge in [0.1, 0.15) is 0 Å². The summed E-state index contributed by atoms with van der Waals surface area (Å²) in [7, 11) is 0. The van der Waals surface area contributed by atoms with Crippen molar-refractivity contribution in [2.75, 3.05) is 5.75 Å². The minimum atomic E-state index is 0.734. The number of terminal acetylenes is 1. The zero-order chi connectivity index (χ0) is 7.23. The molecular formula is C7H8S2Se. The molecule has 0 aromatic carbocycles. The van der Waals surface area contributed by atoms with E-state index in [4.69, 9.17) is 6.42 Å². The first-order valence-corrected chi connectivity index (χ1v) is 7.10. The normalized spacial score (nSPS) is 24.1. The van der Waals surface area contributed by atoms with Crippen LogP contribution in [0.15, 0.2) is 10.4 Å². The summed E-state index contributed by atoms with van der Waals surface area (Å²) >= 11 is 4.53. The van der Waals surface area contributed by atoms with E-state index in [-0.39, 0.29) is 0 Å². The molecule has 10 heavy (non-hydrogen) atoms. The van der Waals surface area contributed by atoms with Crippen molar-refractivity contribution in [1.29, 1.82) is 0 Å². The molecule has 1 heterocycles. The van der Waals surface area contributed by atoms with Crippen LogP contribution in [-0.4, -0.2) is 25.3 Å². The topological polar surface area (TPSA) is 0 Å². The third kappa shape index (κ3) is 3.07. The Kier molecular flexibility index (Phi) is 4.49. The van der Waals surface area contributed by atoms with Crippen molar-refractivity contribution in [3.63, 3.8) is 0 Å². The van der Waals surface area contributed by atoms with Crippen molar-refractivity contribution < 1.29 is 0 Å². The van der Waals surface area contributed by atoms with Gasteiger partial charge in [0.15, 0.2) is 0 Å². The fourth-order valence-electron chi connectivity index (χ4n) is 0.561. The first-order valence-electron chi connectivity index (χ1n) is 2.90. The molecule has 0 N–H and O–H groups in total. The summed E-state index contributed by atoms with van der Waals surface area (Å²) in [4.78, 5) is 2.28. The van der Waals surface area contributed by atoms with E-state index in [0.29, 0.717) is 0 Å². The molecule has 0 radical (unpaired) electrons. The molecule has 0 aliphatic carbocycles. The fourth-order valence-corrected chi connectivity index (χ4v) is 5.42. The Hall–Kier alpha value is 0.519. The van der Waals surface area contributed by atoms with Crippen molar-refractivity contribution in [1.82, 2.24) is 0 Å². The van der Waals surface area contributed by atoms with Gasteiger partial charge in [-0.3, -0.25) is 0 Å². The second kappa shape index (κ2) is 5.21. The average Bonchev–Trinajstić information content (AvgIpc) is 2.03. The molecule has 1 atom stereocenters. The van der Waals surface area contributed by atoms with E-state index in [2.05, 4.69) is 16.3 Å². The van der Waals surface area contributed by atoms with E-state index in [1.807, 2.05) is 23.5 Å². The van der Waals surface area contributed by atoms with Gasteiger partial charge in [-0.25, -0.2) is 0 Å². The quantitative estimate of drug-likeness (QED) is 0.530. The van der Waals surface area contributed by atoms with Crippen LogP contribution in [0.3, 0.4) is 0 Å². The minimum absolute atomic E-state index is 0.734. The van der Waals surface area contributed by atoms with Crippen molar-refractivity contribution in [3.05, 3.63) is 10.4 Å². The molecule has 0 amide bonds. The van der Waals surface area contributed by atoms with Crippen LogP contribution in [0.1, 0.15) is 0 Å². The standard InChI is InChI=1S/C7H8S2Se/c1-2-3-8-7-6-10-5-4-9-7/h1,4-5,7H,3,6H2. The summed E-state index contributed by atoms with van der Waals surface area (Å²) < 4.78 is 0.737. The van der Waals surface area contributed by atoms with Gasteiger partial charge < -0.3 is 0 Å². The summed E-state index contributed by atoms with van der Waals surface area (Å²) in [6.45, 7) is 0. The number of rotatable bonds is 2. The molecule has 0 bridgehead atoms. The first-order chi connectivity index (χ1) is 4.93. The molecule has 1 rings (SSSR count). The predicted octanol–water partition coefficient (Wildman–Crippen LogP) is 2.02. The van der Waals surface area contributed by atoms with Gasteiger partial charge in [-0.05, 0) is 0 Å². The molecular weight excluding hydrogens is 227 g/mol. The van der Waals surface area contributed by atoms with Crippen LogP contribution >= 0.6 is 23.5 Å². The molecule has 3 heteroatoms. The van der Waals surface area contributed by atoms with Crippen LogP contribution in [0.25, 0.3) is 0 Å². The molecule has 1 unspecified atom stereocenters. The third-order valence-corrected chi connectivity index (χ3v) is 6.48. The van der Waals surface area contributed by atoms with E-state index in [0.717, 1.165) is 25.3 Å². The summed E-state index contributed by atoms with van der Waals surface area (Å²) in [5.74, 6) is 3.51. The molecule has 0 aromatic rings. The molecule has 0 nitrogen and oxygen atoms in total. The first kappa shape index (κ1) is 8.61. The van der Waals surface area contributed by atoms with Gasteiger partial charge in [0, 0.05) is 0 Å². The van der Waals surface area contributed by atoms with Gasteiger partial charge >= 0.3 is 76.9 Å². The van der Waals surface area contributed by atoms with Crippen LogP contribution in [-0.2, 0) is 0 Å². The Bertz CT molecular complexity index is 159. The number of hydrogen-bond acceptors (Lipinski definition) is 2. The molecule has 1 aliphatic rings. The molecule has 1 aliphatic heterocycles. The Balaban J connectivity index is 2.17. The summed E-state index contributed by atoms with van der Waals surface area (Å²) in [6.07, 6.45) is 5.15. The van der Waals surface area contributed by atoms with Gasteiger partial charge in [-0.15, -0.1) is 0 Å². The monoisotopic (exact) mass is 236 g/mol. The van der Waals surface area contributed by atoms with Gasteiger partial charge in [-0.1, -0.05) is 0 Å². The van der Waals surface area contributed by atoms with Gasteiger partial charge in [-0.2, -0.15) is 0 Å². The van der Waals surface area contributed by atoms with Crippen LogP contribution in [0, 0.1) is 12.3 Å². The Morgan fingerprint density at radius 3 is 3.40 bits per heavy atom. The SMILES string of the molecule is C#CCSC1C[Se]C=CS1. The summed E-state index contributed by atoms with van der Waals surface area (Å²) in [5, 5.41) is 3.54. The molecule has 54 valence electrons.